The summed E-state index contributed by atoms with van der Waals surface area (Å²) in [6.07, 6.45) is -0.324. The zero-order valence-corrected chi connectivity index (χ0v) is 13.9. The molecule has 0 atom stereocenters. The van der Waals surface area contributed by atoms with Crippen LogP contribution in [0.5, 0.6) is 0 Å². The highest BCUT2D eigenvalue weighted by atomic mass is 32.1. The molecule has 0 radical (unpaired) electrons. The van der Waals surface area contributed by atoms with Gasteiger partial charge in [0.25, 0.3) is 0 Å². The van der Waals surface area contributed by atoms with Gasteiger partial charge in [-0.3, -0.25) is 4.79 Å². The number of nitrogens with zero attached hydrogens (tertiary/aromatic N) is 1. The second kappa shape index (κ2) is 8.28. The maximum atomic E-state index is 11.8. The highest BCUT2D eigenvalue weighted by Gasteiger charge is 2.06. The third-order valence-electron chi connectivity index (χ3n) is 2.93. The third-order valence-corrected chi connectivity index (χ3v) is 3.94. The number of benzene rings is 1. The van der Waals surface area contributed by atoms with E-state index in [0.717, 1.165) is 16.3 Å². The summed E-state index contributed by atoms with van der Waals surface area (Å²) in [5, 5.41) is 8.25. The van der Waals surface area contributed by atoms with Crippen molar-refractivity contribution in [2.75, 3.05) is 18.5 Å². The Morgan fingerprint density at radius 2 is 2.00 bits per heavy atom. The number of anilines is 1. The van der Waals surface area contributed by atoms with Crippen molar-refractivity contribution in [3.63, 3.8) is 0 Å². The average molecular weight is 333 g/mol. The van der Waals surface area contributed by atoms with E-state index in [1.807, 2.05) is 36.6 Å². The number of carbonyl (C=O) groups excluding carboxylic acids is 2. The fraction of sp³-hybridized carbons (Fsp3) is 0.312. The van der Waals surface area contributed by atoms with Crippen LogP contribution >= 0.6 is 11.3 Å². The van der Waals surface area contributed by atoms with E-state index in [1.54, 1.807) is 18.3 Å². The molecular weight excluding hydrogens is 314 g/mol. The largest absolute Gasteiger partial charge is 0.450 e. The Kier molecular flexibility index (Phi) is 6.10. The molecule has 122 valence electrons. The number of thiazole rings is 1. The third kappa shape index (κ3) is 5.37. The van der Waals surface area contributed by atoms with Gasteiger partial charge in [-0.05, 0) is 38.1 Å². The van der Waals surface area contributed by atoms with Crippen LogP contribution in [0.3, 0.4) is 0 Å². The van der Waals surface area contributed by atoms with E-state index in [4.69, 9.17) is 4.74 Å². The molecule has 2 N–H and O–H groups in total. The molecule has 0 fully saturated rings. The van der Waals surface area contributed by atoms with Crippen LogP contribution in [0.4, 0.5) is 10.5 Å². The summed E-state index contributed by atoms with van der Waals surface area (Å²) in [6.45, 7) is 4.23. The minimum absolute atomic E-state index is 0.167. The summed E-state index contributed by atoms with van der Waals surface area (Å²) in [7, 11) is 0. The summed E-state index contributed by atoms with van der Waals surface area (Å²) in [5.41, 5.74) is 2.73. The van der Waals surface area contributed by atoms with Gasteiger partial charge in [0.15, 0.2) is 0 Å². The maximum absolute atomic E-state index is 11.8. The molecule has 1 heterocycles. The van der Waals surface area contributed by atoms with Gasteiger partial charge in [-0.1, -0.05) is 0 Å². The number of carbonyl (C=O) groups is 2. The smallest absolute Gasteiger partial charge is 0.407 e. The van der Waals surface area contributed by atoms with Crippen molar-refractivity contribution < 1.29 is 14.3 Å². The van der Waals surface area contributed by atoms with Gasteiger partial charge >= 0.3 is 6.09 Å². The molecule has 0 spiro atoms. The molecule has 0 saturated heterocycles. The van der Waals surface area contributed by atoms with E-state index in [1.165, 1.54) is 0 Å². The van der Waals surface area contributed by atoms with Gasteiger partial charge < -0.3 is 15.4 Å². The van der Waals surface area contributed by atoms with Gasteiger partial charge in [0.05, 0.1) is 6.61 Å². The van der Waals surface area contributed by atoms with E-state index < -0.39 is 6.09 Å². The van der Waals surface area contributed by atoms with Gasteiger partial charge in [-0.2, -0.15) is 0 Å². The summed E-state index contributed by atoms with van der Waals surface area (Å²) < 4.78 is 4.71. The standard InChI is InChI=1S/C16H19N3O3S/c1-3-22-16(21)17-9-8-14(20)19-13-6-4-12(5-7-13)15-18-11(2)10-23-15/h4-7,10H,3,8-9H2,1-2H3,(H,17,21)(H,19,20). The minimum Gasteiger partial charge on any atom is -0.450 e. The molecule has 2 rings (SSSR count). The number of aromatic nitrogens is 1. The fourth-order valence-electron chi connectivity index (χ4n) is 1.87. The van der Waals surface area contributed by atoms with Crippen molar-refractivity contribution in [2.45, 2.75) is 20.3 Å². The van der Waals surface area contributed by atoms with Crippen LogP contribution in [0.25, 0.3) is 10.6 Å². The molecule has 6 nitrogen and oxygen atoms in total. The molecule has 0 aliphatic carbocycles. The predicted octanol–water partition coefficient (Wildman–Crippen LogP) is 3.19. The van der Waals surface area contributed by atoms with Gasteiger partial charge in [0.1, 0.15) is 5.01 Å². The predicted molar refractivity (Wildman–Crippen MR) is 90.6 cm³/mol. The number of ether oxygens (including phenoxy) is 1. The molecule has 0 unspecified atom stereocenters. The molecule has 1 aromatic heterocycles. The van der Waals surface area contributed by atoms with Gasteiger partial charge in [-0.25, -0.2) is 9.78 Å². The Labute approximate surface area is 138 Å². The molecule has 0 bridgehead atoms. The summed E-state index contributed by atoms with van der Waals surface area (Å²) in [4.78, 5) is 27.3. The first-order valence-electron chi connectivity index (χ1n) is 7.31. The van der Waals surface area contributed by atoms with Crippen LogP contribution < -0.4 is 10.6 Å². The first-order valence-corrected chi connectivity index (χ1v) is 8.19. The average Bonchev–Trinajstić information content (AvgIpc) is 2.95. The normalized spacial score (nSPS) is 10.2. The van der Waals surface area contributed by atoms with E-state index >= 15 is 0 Å². The van der Waals surface area contributed by atoms with Gasteiger partial charge in [-0.15, -0.1) is 11.3 Å². The molecule has 2 aromatic rings. The Morgan fingerprint density at radius 1 is 1.26 bits per heavy atom. The minimum atomic E-state index is -0.511. The first kappa shape index (κ1) is 17.0. The number of alkyl carbamates (subject to hydrolysis) is 1. The fourth-order valence-corrected chi connectivity index (χ4v) is 2.67. The Morgan fingerprint density at radius 3 is 2.61 bits per heavy atom. The molecule has 23 heavy (non-hydrogen) atoms. The monoisotopic (exact) mass is 333 g/mol. The number of hydrogen-bond acceptors (Lipinski definition) is 5. The Balaban J connectivity index is 1.81. The summed E-state index contributed by atoms with van der Waals surface area (Å²) in [6, 6.07) is 7.51. The van der Waals surface area contributed by atoms with E-state index in [9.17, 15) is 9.59 Å². The molecule has 0 aliphatic rings. The molecule has 2 amide bonds. The maximum Gasteiger partial charge on any atom is 0.407 e. The van der Waals surface area contributed by atoms with Crippen LogP contribution in [0, 0.1) is 6.92 Å². The Bertz CT molecular complexity index is 667. The van der Waals surface area contributed by atoms with Gasteiger partial charge in [0, 0.05) is 35.3 Å². The van der Waals surface area contributed by atoms with Crippen molar-refractivity contribution >= 4 is 29.0 Å². The summed E-state index contributed by atoms with van der Waals surface area (Å²) in [5.74, 6) is -0.167. The first-order chi connectivity index (χ1) is 11.1. The topological polar surface area (TPSA) is 80.3 Å². The quantitative estimate of drug-likeness (QED) is 0.851. The van der Waals surface area contributed by atoms with Gasteiger partial charge in [0.2, 0.25) is 5.91 Å². The van der Waals surface area contributed by atoms with Crippen molar-refractivity contribution in [2.24, 2.45) is 0 Å². The van der Waals surface area contributed by atoms with Crippen molar-refractivity contribution in [3.05, 3.63) is 35.3 Å². The zero-order chi connectivity index (χ0) is 16.7. The van der Waals surface area contributed by atoms with Crippen LogP contribution in [-0.2, 0) is 9.53 Å². The molecule has 0 saturated carbocycles. The lowest BCUT2D eigenvalue weighted by Crippen LogP contribution is -2.28. The molecule has 7 heteroatoms. The number of rotatable bonds is 6. The lowest BCUT2D eigenvalue weighted by atomic mass is 10.2. The van der Waals surface area contributed by atoms with Crippen LogP contribution in [0.1, 0.15) is 19.0 Å². The van der Waals surface area contributed by atoms with E-state index in [2.05, 4.69) is 15.6 Å². The van der Waals surface area contributed by atoms with Crippen LogP contribution in [-0.4, -0.2) is 30.1 Å². The van der Waals surface area contributed by atoms with Crippen molar-refractivity contribution in [1.82, 2.24) is 10.3 Å². The molecular formula is C16H19N3O3S. The summed E-state index contributed by atoms with van der Waals surface area (Å²) >= 11 is 1.59. The number of hydrogen-bond donors (Lipinski definition) is 2. The zero-order valence-electron chi connectivity index (χ0n) is 13.1. The van der Waals surface area contributed by atoms with Crippen molar-refractivity contribution in [3.8, 4) is 10.6 Å². The van der Waals surface area contributed by atoms with E-state index in [0.29, 0.717) is 12.3 Å². The van der Waals surface area contributed by atoms with Crippen molar-refractivity contribution in [1.29, 1.82) is 0 Å². The number of nitrogens with one attached hydrogen (secondary N) is 2. The number of aryl methyl sites for hydroxylation is 1. The molecule has 0 aliphatic heterocycles. The number of amides is 2. The van der Waals surface area contributed by atoms with Crippen LogP contribution in [0.2, 0.25) is 0 Å². The second-order valence-electron chi connectivity index (χ2n) is 4.82. The van der Waals surface area contributed by atoms with E-state index in [-0.39, 0.29) is 18.9 Å². The Hall–Kier alpha value is -2.41. The second-order valence-corrected chi connectivity index (χ2v) is 5.67. The van der Waals surface area contributed by atoms with Crippen LogP contribution in [0.15, 0.2) is 29.6 Å². The lowest BCUT2D eigenvalue weighted by Gasteiger charge is -2.07. The SMILES string of the molecule is CCOC(=O)NCCC(=O)Nc1ccc(-c2nc(C)cs2)cc1. The lowest BCUT2D eigenvalue weighted by molar-refractivity contribution is -0.116. The molecule has 1 aromatic carbocycles. The highest BCUT2D eigenvalue weighted by molar-refractivity contribution is 7.13. The highest BCUT2D eigenvalue weighted by Crippen LogP contribution is 2.24.